The first-order valence-electron chi connectivity index (χ1n) is 3.20. The van der Waals surface area contributed by atoms with Crippen molar-refractivity contribution in [2.24, 2.45) is 0 Å². The van der Waals surface area contributed by atoms with Crippen molar-refractivity contribution in [2.45, 2.75) is 9.79 Å². The van der Waals surface area contributed by atoms with E-state index in [4.69, 9.17) is 0 Å². The van der Waals surface area contributed by atoms with E-state index >= 15 is 0 Å². The van der Waals surface area contributed by atoms with Crippen LogP contribution in [0.5, 0.6) is 0 Å². The predicted molar refractivity (Wildman–Crippen MR) is 63.0 cm³/mol. The van der Waals surface area contributed by atoms with Crippen molar-refractivity contribution in [1.29, 1.82) is 0 Å². The van der Waals surface area contributed by atoms with Crippen molar-refractivity contribution in [3.63, 3.8) is 0 Å². The fraction of sp³-hybridized carbons (Fsp3) is 0.250. The molecule has 1 rings (SSSR count). The van der Waals surface area contributed by atoms with E-state index in [-0.39, 0.29) is 0 Å². The monoisotopic (exact) mass is 296 g/mol. The van der Waals surface area contributed by atoms with E-state index in [9.17, 15) is 0 Å². The number of benzene rings is 1. The summed E-state index contributed by atoms with van der Waals surface area (Å²) in [5.41, 5.74) is 0. The summed E-state index contributed by atoms with van der Waals surface area (Å²) >= 11 is 6.08. The van der Waals surface area contributed by atoms with Gasteiger partial charge < -0.3 is 0 Å². The maximum Gasteiger partial charge on any atom is 0.0502 e. The Labute approximate surface area is 89.7 Å². The van der Waals surface area contributed by atoms with Crippen LogP contribution in [0.2, 0.25) is 0 Å². The highest BCUT2D eigenvalue weighted by molar-refractivity contribution is 14.1. The zero-order chi connectivity index (χ0) is 8.10. The summed E-state index contributed by atoms with van der Waals surface area (Å²) < 4.78 is 1.12. The Balaban J connectivity index is 2.83. The Kier molecular flexibility index (Phi) is 4.71. The van der Waals surface area contributed by atoms with Crippen molar-refractivity contribution >= 4 is 46.1 Å². The number of thioether (sulfide) groups is 2. The SMILES string of the molecule is CSc1ccccc1SCI. The molecule has 0 radical (unpaired) electrons. The minimum atomic E-state index is 1.12. The second kappa shape index (κ2) is 5.32. The Morgan fingerprint density at radius 3 is 2.45 bits per heavy atom. The van der Waals surface area contributed by atoms with Crippen LogP contribution >= 0.6 is 46.1 Å². The summed E-state index contributed by atoms with van der Waals surface area (Å²) in [5, 5.41) is 0. The van der Waals surface area contributed by atoms with Crippen LogP contribution < -0.4 is 0 Å². The third-order valence-electron chi connectivity index (χ3n) is 1.28. The van der Waals surface area contributed by atoms with Crippen LogP contribution in [0, 0.1) is 0 Å². The molecule has 0 aliphatic carbocycles. The lowest BCUT2D eigenvalue weighted by molar-refractivity contribution is 1.26. The Morgan fingerprint density at radius 2 is 1.91 bits per heavy atom. The van der Waals surface area contributed by atoms with Gasteiger partial charge in [-0.15, -0.1) is 23.5 Å². The molecule has 0 fully saturated rings. The van der Waals surface area contributed by atoms with Crippen LogP contribution in [0.15, 0.2) is 34.1 Å². The van der Waals surface area contributed by atoms with Gasteiger partial charge in [0.05, 0.1) is 3.76 Å². The highest BCUT2D eigenvalue weighted by Crippen LogP contribution is 2.29. The lowest BCUT2D eigenvalue weighted by Crippen LogP contribution is -1.75. The first-order chi connectivity index (χ1) is 5.38. The van der Waals surface area contributed by atoms with Gasteiger partial charge in [0.15, 0.2) is 0 Å². The molecule has 0 atom stereocenters. The van der Waals surface area contributed by atoms with Gasteiger partial charge in [0.1, 0.15) is 0 Å². The summed E-state index contributed by atoms with van der Waals surface area (Å²) in [6.45, 7) is 0. The largest absolute Gasteiger partial charge is 0.128 e. The Morgan fingerprint density at radius 1 is 1.27 bits per heavy atom. The van der Waals surface area contributed by atoms with Crippen LogP contribution in [0.25, 0.3) is 0 Å². The molecule has 0 spiro atoms. The van der Waals surface area contributed by atoms with Gasteiger partial charge >= 0.3 is 0 Å². The average molecular weight is 296 g/mol. The summed E-state index contributed by atoms with van der Waals surface area (Å²) in [6.07, 6.45) is 2.12. The fourth-order valence-electron chi connectivity index (χ4n) is 0.797. The number of halogens is 1. The molecule has 0 amide bonds. The second-order valence-corrected chi connectivity index (χ2v) is 5.57. The molecule has 1 aromatic carbocycles. The second-order valence-electron chi connectivity index (χ2n) is 1.90. The molecule has 0 nitrogen and oxygen atoms in total. The van der Waals surface area contributed by atoms with Gasteiger partial charge in [-0.3, -0.25) is 0 Å². The molecular weight excluding hydrogens is 287 g/mol. The van der Waals surface area contributed by atoms with Crippen molar-refractivity contribution in [3.8, 4) is 0 Å². The van der Waals surface area contributed by atoms with Crippen molar-refractivity contribution in [3.05, 3.63) is 24.3 Å². The lowest BCUT2D eigenvalue weighted by Gasteiger charge is -2.02. The van der Waals surface area contributed by atoms with Crippen LogP contribution in [0.1, 0.15) is 0 Å². The van der Waals surface area contributed by atoms with Gasteiger partial charge in [0.25, 0.3) is 0 Å². The molecule has 0 aliphatic heterocycles. The third kappa shape index (κ3) is 2.87. The van der Waals surface area contributed by atoms with Gasteiger partial charge in [-0.25, -0.2) is 0 Å². The fourth-order valence-corrected chi connectivity index (χ4v) is 3.22. The number of hydrogen-bond donors (Lipinski definition) is 0. The van der Waals surface area contributed by atoms with Crippen molar-refractivity contribution < 1.29 is 0 Å². The minimum Gasteiger partial charge on any atom is -0.128 e. The van der Waals surface area contributed by atoms with Gasteiger partial charge in [-0.2, -0.15) is 0 Å². The van der Waals surface area contributed by atoms with Crippen LogP contribution in [0.3, 0.4) is 0 Å². The molecule has 0 saturated carbocycles. The molecule has 0 saturated heterocycles. The van der Waals surface area contributed by atoms with Crippen LogP contribution in [-0.2, 0) is 0 Å². The minimum absolute atomic E-state index is 1.12. The molecule has 11 heavy (non-hydrogen) atoms. The molecule has 0 heterocycles. The molecule has 0 unspecified atom stereocenters. The summed E-state index contributed by atoms with van der Waals surface area (Å²) in [4.78, 5) is 2.78. The van der Waals surface area contributed by atoms with E-state index in [1.807, 2.05) is 23.5 Å². The third-order valence-corrected chi connectivity index (χ3v) is 3.91. The maximum absolute atomic E-state index is 2.38. The highest BCUT2D eigenvalue weighted by atomic mass is 127. The van der Waals surface area contributed by atoms with E-state index in [0.717, 1.165) is 3.76 Å². The average Bonchev–Trinajstić information content (AvgIpc) is 2.06. The van der Waals surface area contributed by atoms with Gasteiger partial charge in [-0.05, 0) is 18.4 Å². The maximum atomic E-state index is 2.38. The topological polar surface area (TPSA) is 0 Å². The van der Waals surface area contributed by atoms with Crippen molar-refractivity contribution in [1.82, 2.24) is 0 Å². The normalized spacial score (nSPS) is 10.0. The summed E-state index contributed by atoms with van der Waals surface area (Å²) in [5.74, 6) is 0. The molecule has 60 valence electrons. The molecule has 0 aromatic heterocycles. The van der Waals surface area contributed by atoms with Crippen molar-refractivity contribution in [2.75, 3.05) is 10.0 Å². The van der Waals surface area contributed by atoms with E-state index < -0.39 is 0 Å². The zero-order valence-corrected chi connectivity index (χ0v) is 10.0. The van der Waals surface area contributed by atoms with E-state index in [2.05, 4.69) is 53.1 Å². The highest BCUT2D eigenvalue weighted by Gasteiger charge is 1.97. The quantitative estimate of drug-likeness (QED) is 0.471. The molecule has 0 aliphatic rings. The van der Waals surface area contributed by atoms with Crippen LogP contribution in [-0.4, -0.2) is 10.0 Å². The molecule has 3 heteroatoms. The Bertz CT molecular complexity index is 225. The first-order valence-corrected chi connectivity index (χ1v) is 6.94. The van der Waals surface area contributed by atoms with Gasteiger partial charge in [0.2, 0.25) is 0 Å². The smallest absolute Gasteiger partial charge is 0.0502 e. The van der Waals surface area contributed by atoms with E-state index in [1.165, 1.54) is 9.79 Å². The summed E-state index contributed by atoms with van der Waals surface area (Å²) in [7, 11) is 0. The van der Waals surface area contributed by atoms with E-state index in [0.29, 0.717) is 0 Å². The first kappa shape index (κ1) is 9.74. The number of hydrogen-bond acceptors (Lipinski definition) is 2. The van der Waals surface area contributed by atoms with Crippen LogP contribution in [0.4, 0.5) is 0 Å². The predicted octanol–water partition coefficient (Wildman–Crippen LogP) is 3.89. The molecule has 1 aromatic rings. The standard InChI is InChI=1S/C8H9IS2/c1-10-7-4-2-3-5-8(7)11-6-9/h2-5H,6H2,1H3. The van der Waals surface area contributed by atoms with E-state index in [1.54, 1.807) is 0 Å². The Hall–Kier alpha value is 0.650. The summed E-state index contributed by atoms with van der Waals surface area (Å²) in [6, 6.07) is 8.52. The number of rotatable bonds is 3. The molecular formula is C8H9IS2. The van der Waals surface area contributed by atoms with Gasteiger partial charge in [0, 0.05) is 9.79 Å². The zero-order valence-electron chi connectivity index (χ0n) is 6.21. The van der Waals surface area contributed by atoms with Gasteiger partial charge in [-0.1, -0.05) is 34.7 Å². The molecule has 0 N–H and O–H groups in total. The number of alkyl halides is 1. The molecule has 0 bridgehead atoms. The lowest BCUT2D eigenvalue weighted by atomic mass is 10.4.